The molecule has 3 aromatic carbocycles. The molecule has 1 heterocycles. The lowest BCUT2D eigenvalue weighted by atomic mass is 9.51. The smallest absolute Gasteiger partial charge is 0.339 e. The van der Waals surface area contributed by atoms with Gasteiger partial charge in [-0.1, -0.05) is 47.7 Å². The lowest BCUT2D eigenvalue weighted by Gasteiger charge is -2.58. The van der Waals surface area contributed by atoms with Crippen LogP contribution in [0.15, 0.2) is 70.0 Å². The number of benzene rings is 3. The normalized spacial score (nSPS) is 23.4. The third-order valence-corrected chi connectivity index (χ3v) is 11.0. The Morgan fingerprint density at radius 3 is 2.15 bits per heavy atom. The van der Waals surface area contributed by atoms with E-state index < -0.39 is 15.7 Å². The fourth-order valence-corrected chi connectivity index (χ4v) is 8.70. The maximum Gasteiger partial charge on any atom is 0.339 e. The topological polar surface area (TPSA) is 71.1 Å². The van der Waals surface area contributed by atoms with Crippen LogP contribution in [0.1, 0.15) is 68.9 Å². The van der Waals surface area contributed by atoms with E-state index in [0.717, 1.165) is 60.1 Å². The van der Waals surface area contributed by atoms with Crippen LogP contribution in [0.2, 0.25) is 0 Å². The third-order valence-electron chi connectivity index (χ3n) is 9.23. The summed E-state index contributed by atoms with van der Waals surface area (Å²) in [6, 6.07) is 18.2. The van der Waals surface area contributed by atoms with E-state index in [0.29, 0.717) is 5.75 Å². The predicted octanol–water partition coefficient (Wildman–Crippen LogP) is 7.91. The molecule has 2 atom stereocenters. The van der Waals surface area contributed by atoms with Crippen LogP contribution in [0.25, 0.3) is 0 Å². The fraction of sp³-hybridized carbons (Fsp3) is 0.438. The highest BCUT2D eigenvalue weighted by Crippen LogP contribution is 2.64. The zero-order valence-corrected chi connectivity index (χ0v) is 25.4. The van der Waals surface area contributed by atoms with Crippen LogP contribution in [0, 0.1) is 5.92 Å². The Labute approximate surface area is 245 Å². The van der Waals surface area contributed by atoms with E-state index in [9.17, 15) is 8.42 Å². The van der Waals surface area contributed by atoms with E-state index in [1.165, 1.54) is 37.0 Å². The third kappa shape index (κ3) is 4.57. The molecular formula is C32H35BrO6S. The van der Waals surface area contributed by atoms with Gasteiger partial charge in [-0.2, -0.15) is 8.42 Å². The molecule has 0 radical (unpaired) electrons. The van der Waals surface area contributed by atoms with Crippen molar-refractivity contribution in [3.8, 4) is 23.0 Å². The highest BCUT2D eigenvalue weighted by Gasteiger charge is 2.60. The van der Waals surface area contributed by atoms with Gasteiger partial charge in [-0.05, 0) is 74.6 Å². The number of halogens is 1. The van der Waals surface area contributed by atoms with Crippen LogP contribution in [-0.2, 0) is 21.1 Å². The fourth-order valence-electron chi connectivity index (χ4n) is 7.49. The first-order valence-corrected chi connectivity index (χ1v) is 16.3. The van der Waals surface area contributed by atoms with Crippen molar-refractivity contribution in [2.45, 2.75) is 73.7 Å². The van der Waals surface area contributed by atoms with Crippen molar-refractivity contribution < 1.29 is 26.8 Å². The lowest BCUT2D eigenvalue weighted by Crippen LogP contribution is -2.57. The number of hydrogen-bond donors (Lipinski definition) is 0. The Hall–Kier alpha value is -2.71. The zero-order valence-electron chi connectivity index (χ0n) is 23.0. The van der Waals surface area contributed by atoms with E-state index in [4.69, 9.17) is 18.4 Å². The van der Waals surface area contributed by atoms with Crippen molar-refractivity contribution in [3.05, 3.63) is 76.3 Å². The summed E-state index contributed by atoms with van der Waals surface area (Å²) in [5, 5.41) is 0. The largest absolute Gasteiger partial charge is 0.497 e. The highest BCUT2D eigenvalue weighted by atomic mass is 79.9. The quantitative estimate of drug-likeness (QED) is 0.259. The van der Waals surface area contributed by atoms with Crippen molar-refractivity contribution >= 4 is 26.0 Å². The second kappa shape index (κ2) is 10.6. The molecule has 0 amide bonds. The molecule has 1 aliphatic heterocycles. The molecule has 3 aliphatic rings. The maximum absolute atomic E-state index is 13.5. The van der Waals surface area contributed by atoms with Gasteiger partial charge in [0.2, 0.25) is 0 Å². The van der Waals surface area contributed by atoms with Gasteiger partial charge in [0.25, 0.3) is 0 Å². The van der Waals surface area contributed by atoms with Crippen molar-refractivity contribution in [2.24, 2.45) is 5.92 Å². The molecule has 0 unspecified atom stereocenters. The molecular weight excluding hydrogens is 592 g/mol. The molecule has 6 rings (SSSR count). The number of fused-ring (bicyclic) bond motifs is 4. The summed E-state index contributed by atoms with van der Waals surface area (Å²) in [4.78, 5) is 0.0885. The van der Waals surface area contributed by atoms with E-state index in [2.05, 4.69) is 22.0 Å². The molecule has 8 heteroatoms. The summed E-state index contributed by atoms with van der Waals surface area (Å²) in [5.41, 5.74) is 1.22. The molecule has 40 heavy (non-hydrogen) atoms. The zero-order chi connectivity index (χ0) is 28.0. The molecule has 0 N–H and O–H groups in total. The molecule has 2 aliphatic carbocycles. The molecule has 0 bridgehead atoms. The average molecular weight is 628 g/mol. The lowest BCUT2D eigenvalue weighted by molar-refractivity contribution is -0.0956. The molecule has 3 aromatic rings. The van der Waals surface area contributed by atoms with Crippen molar-refractivity contribution in [1.82, 2.24) is 0 Å². The minimum absolute atomic E-state index is 0.0553. The van der Waals surface area contributed by atoms with E-state index in [-0.39, 0.29) is 22.0 Å². The van der Waals surface area contributed by atoms with Gasteiger partial charge in [0.1, 0.15) is 27.7 Å². The summed E-state index contributed by atoms with van der Waals surface area (Å²) in [7, 11) is -0.875. The Balaban J connectivity index is 1.54. The first-order valence-electron chi connectivity index (χ1n) is 14.1. The van der Waals surface area contributed by atoms with Crippen molar-refractivity contribution in [2.75, 3.05) is 14.2 Å². The van der Waals surface area contributed by atoms with Crippen LogP contribution < -0.4 is 18.4 Å². The molecule has 2 fully saturated rings. The predicted molar refractivity (Wildman–Crippen MR) is 157 cm³/mol. The molecule has 2 saturated carbocycles. The van der Waals surface area contributed by atoms with Crippen molar-refractivity contribution in [3.63, 3.8) is 0 Å². The van der Waals surface area contributed by atoms with Gasteiger partial charge in [-0.15, -0.1) is 0 Å². The Morgan fingerprint density at radius 1 is 0.800 bits per heavy atom. The number of hydrogen-bond acceptors (Lipinski definition) is 6. The van der Waals surface area contributed by atoms with E-state index in [1.807, 2.05) is 24.3 Å². The minimum atomic E-state index is -4.11. The van der Waals surface area contributed by atoms with E-state index in [1.54, 1.807) is 32.4 Å². The highest BCUT2D eigenvalue weighted by molar-refractivity contribution is 9.10. The van der Waals surface area contributed by atoms with Gasteiger partial charge in [0.15, 0.2) is 5.75 Å². The summed E-state index contributed by atoms with van der Waals surface area (Å²) in [6.45, 7) is 0. The van der Waals surface area contributed by atoms with Gasteiger partial charge in [0, 0.05) is 39.1 Å². The summed E-state index contributed by atoms with van der Waals surface area (Å²) >= 11 is 3.38. The van der Waals surface area contributed by atoms with Gasteiger partial charge < -0.3 is 18.4 Å². The SMILES string of the molecule is COc1ccc2c(c1)O[C@@]1(c3ccc(OC)cc3OS(=O)(=O)c3ccc(Br)cc3)CCCC[C@H]1C21CCCCC1. The molecule has 6 nitrogen and oxygen atoms in total. The molecule has 212 valence electrons. The molecule has 0 aromatic heterocycles. The summed E-state index contributed by atoms with van der Waals surface area (Å²) in [6.07, 6.45) is 9.63. The summed E-state index contributed by atoms with van der Waals surface area (Å²) < 4.78 is 52.1. The van der Waals surface area contributed by atoms with Gasteiger partial charge in [-0.3, -0.25) is 0 Å². The standard InChI is InChI=1S/C32H35BrO6S/c1-36-23-11-15-26-28(20-23)38-32(19-7-4-8-30(32)31(26)17-5-3-6-18-31)27-16-12-24(37-2)21-29(27)39-40(34,35)25-13-9-22(33)10-14-25/h9-16,20-21,30H,3-8,17-19H2,1-2H3/t30-,32+/m0/s1. The second-order valence-electron chi connectivity index (χ2n) is 11.2. The number of methoxy groups -OCH3 is 2. The van der Waals surface area contributed by atoms with Gasteiger partial charge >= 0.3 is 10.1 Å². The van der Waals surface area contributed by atoms with Gasteiger partial charge in [0.05, 0.1) is 14.2 Å². The van der Waals surface area contributed by atoms with Gasteiger partial charge in [-0.25, -0.2) is 0 Å². The Kier molecular flexibility index (Phi) is 7.28. The monoisotopic (exact) mass is 626 g/mol. The van der Waals surface area contributed by atoms with Crippen LogP contribution in [0.5, 0.6) is 23.0 Å². The summed E-state index contributed by atoms with van der Waals surface area (Å²) in [5.74, 6) is 2.54. The Bertz CT molecular complexity index is 1500. The first kappa shape index (κ1) is 27.5. The van der Waals surface area contributed by atoms with E-state index >= 15 is 0 Å². The van der Waals surface area contributed by atoms with Crippen LogP contribution in [0.4, 0.5) is 0 Å². The Morgan fingerprint density at radius 2 is 1.45 bits per heavy atom. The first-order chi connectivity index (χ1) is 19.3. The van der Waals surface area contributed by atoms with Crippen LogP contribution >= 0.6 is 15.9 Å². The maximum atomic E-state index is 13.5. The number of ether oxygens (including phenoxy) is 3. The molecule has 1 spiro atoms. The minimum Gasteiger partial charge on any atom is -0.497 e. The van der Waals surface area contributed by atoms with Crippen molar-refractivity contribution in [1.29, 1.82) is 0 Å². The average Bonchev–Trinajstić information content (AvgIpc) is 2.97. The second-order valence-corrected chi connectivity index (χ2v) is 13.7. The molecule has 0 saturated heterocycles. The van der Waals surface area contributed by atoms with Crippen LogP contribution in [-0.4, -0.2) is 22.6 Å². The van der Waals surface area contributed by atoms with Crippen LogP contribution in [0.3, 0.4) is 0 Å². The number of rotatable bonds is 6.